The molecule has 0 unspecified atom stereocenters. The van der Waals surface area contributed by atoms with E-state index in [2.05, 4.69) is 38.9 Å². The van der Waals surface area contributed by atoms with Crippen molar-refractivity contribution in [3.05, 3.63) is 18.5 Å². The molecule has 0 aliphatic carbocycles. The van der Waals surface area contributed by atoms with Gasteiger partial charge in [-0.2, -0.15) is 13.2 Å². The zero-order valence-electron chi connectivity index (χ0n) is 17.3. The van der Waals surface area contributed by atoms with Crippen molar-refractivity contribution in [1.82, 2.24) is 20.2 Å². The topological polar surface area (TPSA) is 98.7 Å². The van der Waals surface area contributed by atoms with Crippen LogP contribution in [0.1, 0.15) is 26.7 Å². The number of hydrogen-bond acceptors (Lipinski definition) is 6. The Morgan fingerprint density at radius 3 is 2.43 bits per heavy atom. The molecule has 11 heteroatoms. The molecule has 168 valence electrons. The van der Waals surface area contributed by atoms with E-state index in [1.807, 2.05) is 6.07 Å². The summed E-state index contributed by atoms with van der Waals surface area (Å²) in [6.45, 7) is 8.14. The number of piperidine rings is 1. The number of likely N-dealkylation sites (tertiary alicyclic amines) is 1. The highest BCUT2D eigenvalue weighted by Gasteiger charge is 2.55. The molecule has 3 rings (SSSR count). The predicted octanol–water partition coefficient (Wildman–Crippen LogP) is 1.78. The van der Waals surface area contributed by atoms with E-state index >= 15 is 0 Å². The van der Waals surface area contributed by atoms with Gasteiger partial charge in [0.15, 0.2) is 0 Å². The number of carboxylic acids is 1. The van der Waals surface area contributed by atoms with Crippen LogP contribution in [0, 0.1) is 11.3 Å². The van der Waals surface area contributed by atoms with Crippen LogP contribution < -0.4 is 10.2 Å². The molecule has 0 radical (unpaired) electrons. The van der Waals surface area contributed by atoms with Crippen LogP contribution >= 0.6 is 0 Å². The number of aliphatic carboxylic acids is 1. The summed E-state index contributed by atoms with van der Waals surface area (Å²) < 4.78 is 31.7. The van der Waals surface area contributed by atoms with Gasteiger partial charge in [0.25, 0.3) is 0 Å². The van der Waals surface area contributed by atoms with E-state index in [1.165, 1.54) is 0 Å². The van der Waals surface area contributed by atoms with Gasteiger partial charge in [-0.3, -0.25) is 9.69 Å². The summed E-state index contributed by atoms with van der Waals surface area (Å²) in [5, 5.41) is 10.0. The van der Waals surface area contributed by atoms with Crippen molar-refractivity contribution < 1.29 is 27.9 Å². The third kappa shape index (κ3) is 5.38. The highest BCUT2D eigenvalue weighted by molar-refractivity contribution is 5.85. The van der Waals surface area contributed by atoms with E-state index in [1.54, 1.807) is 19.4 Å². The van der Waals surface area contributed by atoms with E-state index < -0.39 is 12.1 Å². The van der Waals surface area contributed by atoms with Gasteiger partial charge in [0.2, 0.25) is 11.9 Å². The number of hydrogen-bond donors (Lipinski definition) is 2. The molecule has 0 aromatic carbocycles. The van der Waals surface area contributed by atoms with E-state index in [-0.39, 0.29) is 17.4 Å². The number of fused-ring (bicyclic) bond motifs is 1. The Morgan fingerprint density at radius 2 is 1.93 bits per heavy atom. The van der Waals surface area contributed by atoms with Gasteiger partial charge in [-0.15, -0.1) is 0 Å². The van der Waals surface area contributed by atoms with Crippen LogP contribution in [-0.4, -0.2) is 77.3 Å². The van der Waals surface area contributed by atoms with Crippen molar-refractivity contribution in [3.63, 3.8) is 0 Å². The lowest BCUT2D eigenvalue weighted by atomic mass is 9.74. The normalized spacial score (nSPS) is 24.1. The summed E-state index contributed by atoms with van der Waals surface area (Å²) in [4.78, 5) is 35.2. The molecule has 1 aromatic heterocycles. The van der Waals surface area contributed by atoms with Gasteiger partial charge in [-0.25, -0.2) is 14.8 Å². The van der Waals surface area contributed by atoms with Crippen molar-refractivity contribution in [2.45, 2.75) is 38.9 Å². The molecule has 30 heavy (non-hydrogen) atoms. The first-order chi connectivity index (χ1) is 14.0. The Morgan fingerprint density at radius 1 is 1.33 bits per heavy atom. The van der Waals surface area contributed by atoms with Gasteiger partial charge in [-0.1, -0.05) is 13.8 Å². The third-order valence-corrected chi connectivity index (χ3v) is 5.33. The van der Waals surface area contributed by atoms with Gasteiger partial charge in [0.05, 0.1) is 11.5 Å². The predicted molar refractivity (Wildman–Crippen MR) is 104 cm³/mol. The maximum absolute atomic E-state index is 12.8. The van der Waals surface area contributed by atoms with Gasteiger partial charge < -0.3 is 15.3 Å². The van der Waals surface area contributed by atoms with Crippen molar-refractivity contribution in [2.24, 2.45) is 11.3 Å². The van der Waals surface area contributed by atoms with Crippen LogP contribution in [0.25, 0.3) is 0 Å². The number of alkyl halides is 3. The van der Waals surface area contributed by atoms with Crippen LogP contribution in [0.15, 0.2) is 18.5 Å². The summed E-state index contributed by atoms with van der Waals surface area (Å²) in [6.07, 6.45) is 0.408. The Bertz CT molecular complexity index is 732. The Kier molecular flexibility index (Phi) is 7.62. The maximum Gasteiger partial charge on any atom is 0.490 e. The average Bonchev–Trinajstić information content (AvgIpc) is 3.06. The maximum atomic E-state index is 12.8. The molecule has 8 nitrogen and oxygen atoms in total. The minimum atomic E-state index is -5.08. The fourth-order valence-corrected chi connectivity index (χ4v) is 4.27. The monoisotopic (exact) mass is 431 g/mol. The number of aromatic nitrogens is 2. The number of carbonyl (C=O) groups excluding carboxylic acids is 1. The zero-order chi connectivity index (χ0) is 22.5. The number of carboxylic acid groups (broad SMARTS) is 1. The first-order valence-electron chi connectivity index (χ1n) is 9.79. The molecule has 2 aliphatic heterocycles. The molecule has 0 spiro atoms. The largest absolute Gasteiger partial charge is 0.490 e. The van der Waals surface area contributed by atoms with Gasteiger partial charge >= 0.3 is 12.1 Å². The molecule has 2 N–H and O–H groups in total. The SMILES string of the molecule is CNC(=O)[C@@]12CCCN(c3ncccn3)[C@@H]1CN(CC(C)C)C2.O=C(O)C(F)(F)F. The van der Waals surface area contributed by atoms with Crippen molar-refractivity contribution in [3.8, 4) is 0 Å². The summed E-state index contributed by atoms with van der Waals surface area (Å²) in [7, 11) is 1.75. The summed E-state index contributed by atoms with van der Waals surface area (Å²) in [6, 6.07) is 1.98. The number of carbonyl (C=O) groups is 2. The Labute approximate surface area is 173 Å². The average molecular weight is 431 g/mol. The molecule has 2 atom stereocenters. The summed E-state index contributed by atoms with van der Waals surface area (Å²) in [5.41, 5.74) is -0.346. The molecule has 2 saturated heterocycles. The number of rotatable bonds is 4. The lowest BCUT2D eigenvalue weighted by Crippen LogP contribution is -2.58. The number of nitrogens with one attached hydrogen (secondary N) is 1. The Hall–Kier alpha value is -2.43. The molecule has 1 amide bonds. The second-order valence-electron chi connectivity index (χ2n) is 7.99. The van der Waals surface area contributed by atoms with E-state index in [0.717, 1.165) is 45.0 Å². The number of anilines is 1. The van der Waals surface area contributed by atoms with E-state index in [9.17, 15) is 18.0 Å². The molecule has 0 saturated carbocycles. The molecular formula is C19H28F3N5O3. The smallest absolute Gasteiger partial charge is 0.475 e. The van der Waals surface area contributed by atoms with Crippen LogP contribution in [0.3, 0.4) is 0 Å². The van der Waals surface area contributed by atoms with Crippen LogP contribution in [0.5, 0.6) is 0 Å². The number of halogens is 3. The molecule has 1 aromatic rings. The van der Waals surface area contributed by atoms with Crippen molar-refractivity contribution in [2.75, 3.05) is 38.1 Å². The van der Waals surface area contributed by atoms with Gasteiger partial charge in [0.1, 0.15) is 0 Å². The fraction of sp³-hybridized carbons (Fsp3) is 0.684. The minimum absolute atomic E-state index is 0.150. The third-order valence-electron chi connectivity index (χ3n) is 5.33. The minimum Gasteiger partial charge on any atom is -0.475 e. The molecule has 2 aliphatic rings. The van der Waals surface area contributed by atoms with E-state index in [4.69, 9.17) is 9.90 Å². The van der Waals surface area contributed by atoms with Crippen LogP contribution in [0.2, 0.25) is 0 Å². The zero-order valence-corrected chi connectivity index (χ0v) is 17.3. The first-order valence-corrected chi connectivity index (χ1v) is 9.79. The van der Waals surface area contributed by atoms with Gasteiger partial charge in [0, 0.05) is 45.6 Å². The molecule has 3 heterocycles. The summed E-state index contributed by atoms with van der Waals surface area (Å²) >= 11 is 0. The first kappa shape index (κ1) is 23.8. The molecular weight excluding hydrogens is 403 g/mol. The van der Waals surface area contributed by atoms with E-state index in [0.29, 0.717) is 5.92 Å². The van der Waals surface area contributed by atoms with Crippen LogP contribution in [0.4, 0.5) is 19.1 Å². The second-order valence-corrected chi connectivity index (χ2v) is 7.99. The molecule has 0 bridgehead atoms. The van der Waals surface area contributed by atoms with Crippen molar-refractivity contribution >= 4 is 17.8 Å². The number of amides is 1. The lowest BCUT2D eigenvalue weighted by Gasteiger charge is -2.44. The fourth-order valence-electron chi connectivity index (χ4n) is 4.27. The Balaban J connectivity index is 0.000000396. The second kappa shape index (κ2) is 9.59. The van der Waals surface area contributed by atoms with Crippen molar-refractivity contribution in [1.29, 1.82) is 0 Å². The van der Waals surface area contributed by atoms with Crippen LogP contribution in [-0.2, 0) is 9.59 Å². The van der Waals surface area contributed by atoms with Gasteiger partial charge in [-0.05, 0) is 24.8 Å². The quantitative estimate of drug-likeness (QED) is 0.750. The lowest BCUT2D eigenvalue weighted by molar-refractivity contribution is -0.192. The highest BCUT2D eigenvalue weighted by atomic mass is 19.4. The number of nitrogens with zero attached hydrogens (tertiary/aromatic N) is 4. The summed E-state index contributed by atoms with van der Waals surface area (Å²) in [5.74, 6) is -1.25. The standard InChI is InChI=1S/C17H27N5O.C2HF3O2/c1-13(2)10-21-11-14-17(12-21,15(23)18-3)6-4-9-22(14)16-19-7-5-8-20-16;3-2(4,5)1(6)7/h5,7-8,13-14H,4,6,9-12H2,1-3H3,(H,18,23);(H,6,7)/t14-,17-;/m1./s1. The molecule has 2 fully saturated rings. The highest BCUT2D eigenvalue weighted by Crippen LogP contribution is 2.43.